The van der Waals surface area contributed by atoms with E-state index in [0.29, 0.717) is 91.4 Å². The summed E-state index contributed by atoms with van der Waals surface area (Å²) in [5, 5.41) is 10.1. The number of benzene rings is 4. The number of likely N-dealkylation sites (tertiary alicyclic amines) is 1. The fraction of sp³-hybridized carbons (Fsp3) is 0.333. The molecule has 0 spiro atoms. The molecule has 1 saturated heterocycles. The van der Waals surface area contributed by atoms with E-state index >= 15 is 4.79 Å². The van der Waals surface area contributed by atoms with E-state index in [1.165, 1.54) is 0 Å². The zero-order valence-electron chi connectivity index (χ0n) is 31.5. The molecule has 57 heavy (non-hydrogen) atoms. The first kappa shape index (κ1) is 38.5. The number of aromatic hydroxyl groups is 1. The molecule has 4 aromatic carbocycles. The van der Waals surface area contributed by atoms with E-state index in [9.17, 15) is 18.7 Å². The third-order valence-electron chi connectivity index (χ3n) is 11.7. The molecule has 9 nitrogen and oxygen atoms in total. The van der Waals surface area contributed by atoms with Crippen LogP contribution in [-0.2, 0) is 25.9 Å². The number of fused-ring (bicyclic) bond motifs is 3. The number of nitrogens with zero attached hydrogens (tertiary/aromatic N) is 4. The summed E-state index contributed by atoms with van der Waals surface area (Å²) in [5.41, 5.74) is 6.78. The molecular weight excluding hydrogens is 750 g/mol. The second kappa shape index (κ2) is 15.9. The van der Waals surface area contributed by atoms with Gasteiger partial charge in [0.15, 0.2) is 11.5 Å². The Balaban J connectivity index is 0.00000455. The number of anilines is 2. The molecule has 5 heterocycles. The molecule has 1 aromatic heterocycles. The lowest BCUT2D eigenvalue weighted by Gasteiger charge is -2.39. The maximum Gasteiger partial charge on any atom is 0.264 e. The van der Waals surface area contributed by atoms with Crippen LogP contribution in [0.25, 0.3) is 11.3 Å². The van der Waals surface area contributed by atoms with Gasteiger partial charge in [-0.15, -0.1) is 12.4 Å². The van der Waals surface area contributed by atoms with Gasteiger partial charge in [-0.2, -0.15) is 0 Å². The molecule has 0 bridgehead atoms. The van der Waals surface area contributed by atoms with Crippen molar-refractivity contribution >= 4 is 35.6 Å². The van der Waals surface area contributed by atoms with Crippen LogP contribution in [0, 0.1) is 0 Å². The molecule has 0 aliphatic carbocycles. The van der Waals surface area contributed by atoms with Crippen LogP contribution >= 0.6 is 12.4 Å². The molecule has 1 atom stereocenters. The van der Waals surface area contributed by atoms with Crippen LogP contribution in [0.15, 0.2) is 97.1 Å². The fourth-order valence-corrected chi connectivity index (χ4v) is 8.90. The second-order valence-corrected chi connectivity index (χ2v) is 15.3. The summed E-state index contributed by atoms with van der Waals surface area (Å²) in [7, 11) is 0. The van der Waals surface area contributed by atoms with Crippen molar-refractivity contribution in [2.75, 3.05) is 31.3 Å². The van der Waals surface area contributed by atoms with Crippen molar-refractivity contribution in [1.29, 1.82) is 0 Å². The first-order chi connectivity index (χ1) is 27.2. The number of hydrogen-bond donors (Lipinski definition) is 1. The van der Waals surface area contributed by atoms with Gasteiger partial charge in [0.2, 0.25) is 6.79 Å². The van der Waals surface area contributed by atoms with Crippen LogP contribution in [0.4, 0.5) is 20.2 Å². The lowest BCUT2D eigenvalue weighted by atomic mass is 9.90. The summed E-state index contributed by atoms with van der Waals surface area (Å²) in [5.74, 6) is -2.00. The van der Waals surface area contributed by atoms with Crippen molar-refractivity contribution in [3.05, 3.63) is 125 Å². The van der Waals surface area contributed by atoms with Crippen LogP contribution in [0.1, 0.15) is 69.6 Å². The van der Waals surface area contributed by atoms with Gasteiger partial charge in [-0.05, 0) is 111 Å². The molecule has 2 amide bonds. The summed E-state index contributed by atoms with van der Waals surface area (Å²) < 4.78 is 42.7. The molecule has 0 saturated carbocycles. The van der Waals surface area contributed by atoms with Crippen molar-refractivity contribution in [3.63, 3.8) is 0 Å². The number of alkyl halides is 2. The number of aromatic nitrogens is 1. The van der Waals surface area contributed by atoms with E-state index < -0.39 is 5.92 Å². The minimum absolute atomic E-state index is 0. The highest BCUT2D eigenvalue weighted by molar-refractivity contribution is 6.12. The number of carbonyl (C=O) groups is 2. The third kappa shape index (κ3) is 7.58. The first-order valence-corrected chi connectivity index (χ1v) is 19.6. The zero-order valence-corrected chi connectivity index (χ0v) is 32.4. The highest BCUT2D eigenvalue weighted by Crippen LogP contribution is 2.43. The van der Waals surface area contributed by atoms with Gasteiger partial charge in [0, 0.05) is 60.4 Å². The second-order valence-electron chi connectivity index (χ2n) is 15.3. The normalized spacial score (nSPS) is 18.3. The van der Waals surface area contributed by atoms with Crippen LogP contribution in [0.5, 0.6) is 17.2 Å². The van der Waals surface area contributed by atoms with Crippen LogP contribution in [0.3, 0.4) is 0 Å². The highest BCUT2D eigenvalue weighted by atomic mass is 35.5. The SMILES string of the molecule is Cl.O=C(c1cc(-c2cc3c(cc2C(=O)N2Cc4ccccc4C[C@H]2CCN2CCCC(F)(F)C2)OCO3)n2c1CCCC2)N(c1ccccc1)c1ccc(O)cc1. The highest BCUT2D eigenvalue weighted by Gasteiger charge is 2.38. The molecule has 4 aliphatic rings. The summed E-state index contributed by atoms with van der Waals surface area (Å²) in [4.78, 5) is 35.5. The van der Waals surface area contributed by atoms with Gasteiger partial charge in [-0.1, -0.05) is 42.5 Å². The molecule has 1 fully saturated rings. The number of ether oxygens (including phenoxy) is 2. The Morgan fingerprint density at radius 1 is 0.825 bits per heavy atom. The Morgan fingerprint density at radius 3 is 2.32 bits per heavy atom. The predicted molar refractivity (Wildman–Crippen MR) is 216 cm³/mol. The lowest BCUT2D eigenvalue weighted by Crippen LogP contribution is -2.48. The smallest absolute Gasteiger partial charge is 0.264 e. The molecule has 296 valence electrons. The average molecular weight is 795 g/mol. The van der Waals surface area contributed by atoms with Crippen molar-refractivity contribution in [2.24, 2.45) is 0 Å². The Kier molecular flexibility index (Phi) is 10.7. The van der Waals surface area contributed by atoms with Crippen LogP contribution in [-0.4, -0.2) is 69.7 Å². The number of hydrogen-bond acceptors (Lipinski definition) is 6. The topological polar surface area (TPSA) is 87.5 Å². The maximum atomic E-state index is 15.2. The largest absolute Gasteiger partial charge is 0.508 e. The molecule has 4 aliphatic heterocycles. The van der Waals surface area contributed by atoms with E-state index in [1.807, 2.05) is 70.5 Å². The molecule has 0 radical (unpaired) electrons. The van der Waals surface area contributed by atoms with Crippen molar-refractivity contribution < 1.29 is 33.0 Å². The fourth-order valence-electron chi connectivity index (χ4n) is 8.90. The van der Waals surface area contributed by atoms with E-state index in [4.69, 9.17) is 9.47 Å². The third-order valence-corrected chi connectivity index (χ3v) is 11.7. The number of amides is 2. The Morgan fingerprint density at radius 2 is 1.54 bits per heavy atom. The van der Waals surface area contributed by atoms with E-state index in [2.05, 4.69) is 10.6 Å². The van der Waals surface area contributed by atoms with E-state index in [-0.39, 0.29) is 55.8 Å². The van der Waals surface area contributed by atoms with Gasteiger partial charge in [0.1, 0.15) is 5.75 Å². The zero-order chi connectivity index (χ0) is 38.4. The lowest BCUT2D eigenvalue weighted by molar-refractivity contribution is -0.0652. The van der Waals surface area contributed by atoms with Crippen molar-refractivity contribution in [3.8, 4) is 28.5 Å². The first-order valence-electron chi connectivity index (χ1n) is 19.6. The number of para-hydroxylation sites is 1. The van der Waals surface area contributed by atoms with Crippen LogP contribution in [0.2, 0.25) is 0 Å². The molecule has 9 rings (SSSR count). The number of rotatable bonds is 8. The number of phenols is 1. The van der Waals surface area contributed by atoms with Crippen LogP contribution < -0.4 is 14.4 Å². The van der Waals surface area contributed by atoms with E-state index in [0.717, 1.165) is 35.4 Å². The van der Waals surface area contributed by atoms with Gasteiger partial charge < -0.3 is 24.0 Å². The number of halogens is 3. The monoisotopic (exact) mass is 794 g/mol. The standard InChI is InChI=1S/C45H44F2N4O5.ClH/c46-45(47)19-8-20-48(28-45)22-18-34-23-30-9-4-5-10-31(30)27-50(34)43(53)37-26-42-41(55-29-56-42)25-36(37)40-24-38(39-13-6-7-21-49(39)40)44(54)51(32-11-2-1-3-12-32)33-14-16-35(52)17-15-33;/h1-5,9-12,14-17,24-26,34,52H,6-8,13,18-23,27-29H2;1H/t34-;/m1./s1. The summed E-state index contributed by atoms with van der Waals surface area (Å²) in [6.45, 7) is 1.92. The van der Waals surface area contributed by atoms with Gasteiger partial charge in [-0.25, -0.2) is 8.78 Å². The van der Waals surface area contributed by atoms with E-state index in [1.54, 1.807) is 35.2 Å². The van der Waals surface area contributed by atoms with Crippen molar-refractivity contribution in [2.45, 2.75) is 70.0 Å². The number of piperidine rings is 1. The predicted octanol–water partition coefficient (Wildman–Crippen LogP) is 9.01. The quantitative estimate of drug-likeness (QED) is 0.169. The minimum Gasteiger partial charge on any atom is -0.508 e. The average Bonchev–Trinajstić information content (AvgIpc) is 3.84. The summed E-state index contributed by atoms with van der Waals surface area (Å²) in [6.07, 6.45) is 4.06. The molecule has 5 aromatic rings. The Hall–Kier alpha value is -5.39. The van der Waals surface area contributed by atoms with Gasteiger partial charge in [0.25, 0.3) is 17.7 Å². The maximum absolute atomic E-state index is 15.2. The van der Waals surface area contributed by atoms with Crippen molar-refractivity contribution in [1.82, 2.24) is 14.4 Å². The molecule has 1 N–H and O–H groups in total. The Labute approximate surface area is 336 Å². The molecular formula is C45H45ClF2N4O5. The Bertz CT molecular complexity index is 2280. The minimum atomic E-state index is -2.70. The number of carbonyl (C=O) groups excluding carboxylic acids is 2. The van der Waals surface area contributed by atoms with Gasteiger partial charge >= 0.3 is 0 Å². The van der Waals surface area contributed by atoms with Gasteiger partial charge in [-0.3, -0.25) is 19.4 Å². The van der Waals surface area contributed by atoms with Gasteiger partial charge in [0.05, 0.1) is 17.7 Å². The number of phenolic OH excluding ortho intramolecular Hbond substituents is 1. The summed E-state index contributed by atoms with van der Waals surface area (Å²) in [6, 6.07) is 29.5. The molecule has 0 unspecified atom stereocenters. The summed E-state index contributed by atoms with van der Waals surface area (Å²) >= 11 is 0. The molecule has 12 heteroatoms.